The van der Waals surface area contributed by atoms with E-state index in [9.17, 15) is 0 Å². The van der Waals surface area contributed by atoms with Crippen LogP contribution in [0.15, 0.2) is 21.0 Å². The van der Waals surface area contributed by atoms with E-state index >= 15 is 0 Å². The molecule has 1 aliphatic rings. The number of rotatable bonds is 2. The molecule has 1 aliphatic heterocycles. The van der Waals surface area contributed by atoms with Gasteiger partial charge in [-0.1, -0.05) is 0 Å². The van der Waals surface area contributed by atoms with Gasteiger partial charge in [0.05, 0.1) is 0 Å². The Bertz CT molecular complexity index is 177. The zero-order valence-corrected chi connectivity index (χ0v) is 9.57. The van der Waals surface area contributed by atoms with Crippen LogP contribution in [-0.4, -0.2) is 14.3 Å². The summed E-state index contributed by atoms with van der Waals surface area (Å²) in [6, 6.07) is 0. The van der Waals surface area contributed by atoms with Gasteiger partial charge < -0.3 is 0 Å². The summed E-state index contributed by atoms with van der Waals surface area (Å²) in [4.78, 5) is 2.49. The molecule has 1 atom stereocenters. The molecular weight excluding hydrogens is 181 g/mol. The molecule has 1 rings (SSSR count). The Hall–Kier alpha value is 0.0229. The molecule has 0 N–H and O–H groups in total. The molecule has 0 aromatic rings. The molecule has 0 aromatic heterocycles. The van der Waals surface area contributed by atoms with Gasteiger partial charge in [-0.15, -0.1) is 0 Å². The van der Waals surface area contributed by atoms with Crippen molar-refractivity contribution >= 4 is 14.3 Å². The molecule has 0 spiro atoms. The van der Waals surface area contributed by atoms with Crippen LogP contribution in [-0.2, 0) is 0 Å². The van der Waals surface area contributed by atoms with Gasteiger partial charge in [0.15, 0.2) is 0 Å². The molecular formula is C9H16Ge. The van der Waals surface area contributed by atoms with Gasteiger partial charge in [-0.3, -0.25) is 0 Å². The third-order valence-corrected chi connectivity index (χ3v) is 7.87. The second-order valence-corrected chi connectivity index (χ2v) is 8.48. The zero-order valence-electron chi connectivity index (χ0n) is 7.15. The van der Waals surface area contributed by atoms with Crippen LogP contribution in [0.1, 0.15) is 26.7 Å². The number of hydrogen-bond acceptors (Lipinski definition) is 0. The maximum absolute atomic E-state index is 2.49. The van der Waals surface area contributed by atoms with Crippen LogP contribution >= 0.6 is 0 Å². The summed E-state index contributed by atoms with van der Waals surface area (Å²) >= 11 is -0.978. The van der Waals surface area contributed by atoms with Crippen LogP contribution in [0.2, 0.25) is 5.76 Å². The van der Waals surface area contributed by atoms with E-state index in [1.807, 2.05) is 4.41 Å². The van der Waals surface area contributed by atoms with Gasteiger partial charge >= 0.3 is 67.8 Å². The average Bonchev–Trinajstić information content (AvgIpc) is 2.30. The third-order valence-electron chi connectivity index (χ3n) is 2.31. The zero-order chi connectivity index (χ0) is 7.56. The van der Waals surface area contributed by atoms with Gasteiger partial charge in [-0.05, 0) is 0 Å². The van der Waals surface area contributed by atoms with Crippen LogP contribution in [0.5, 0.6) is 0 Å². The summed E-state index contributed by atoms with van der Waals surface area (Å²) in [7, 11) is 0. The Balaban J connectivity index is 2.79. The minimum atomic E-state index is -0.978. The SMILES string of the molecule is CCC1=[C](CC)[GeH]([CH3])[CH]=C1. The summed E-state index contributed by atoms with van der Waals surface area (Å²) in [5, 5.41) is 0. The summed E-state index contributed by atoms with van der Waals surface area (Å²) in [6.07, 6.45) is 4.91. The average molecular weight is 197 g/mol. The van der Waals surface area contributed by atoms with E-state index in [1.165, 1.54) is 12.8 Å². The monoisotopic (exact) mass is 198 g/mol. The van der Waals surface area contributed by atoms with Gasteiger partial charge in [0.25, 0.3) is 0 Å². The second-order valence-electron chi connectivity index (χ2n) is 2.91. The fourth-order valence-corrected chi connectivity index (χ4v) is 6.46. The molecule has 0 radical (unpaired) electrons. The van der Waals surface area contributed by atoms with Gasteiger partial charge in [-0.2, -0.15) is 0 Å². The van der Waals surface area contributed by atoms with E-state index in [0.717, 1.165) is 0 Å². The van der Waals surface area contributed by atoms with Gasteiger partial charge in [0.2, 0.25) is 0 Å². The second kappa shape index (κ2) is 3.42. The van der Waals surface area contributed by atoms with Crippen molar-refractivity contribution in [1.82, 2.24) is 0 Å². The minimum absolute atomic E-state index is 0.978. The van der Waals surface area contributed by atoms with Crippen molar-refractivity contribution in [2.75, 3.05) is 0 Å². The number of hydrogen-bond donors (Lipinski definition) is 0. The van der Waals surface area contributed by atoms with E-state index in [4.69, 9.17) is 0 Å². The van der Waals surface area contributed by atoms with Crippen molar-refractivity contribution in [3.63, 3.8) is 0 Å². The van der Waals surface area contributed by atoms with Gasteiger partial charge in [-0.25, -0.2) is 0 Å². The van der Waals surface area contributed by atoms with E-state index in [2.05, 4.69) is 30.6 Å². The molecule has 0 bridgehead atoms. The molecule has 1 heteroatoms. The Morgan fingerprint density at radius 3 is 2.40 bits per heavy atom. The number of allylic oxidation sites excluding steroid dienone is 3. The molecule has 0 saturated carbocycles. The van der Waals surface area contributed by atoms with Crippen LogP contribution in [0.4, 0.5) is 0 Å². The summed E-state index contributed by atoms with van der Waals surface area (Å²) in [5.41, 5.74) is 1.65. The molecule has 0 fully saturated rings. The van der Waals surface area contributed by atoms with Crippen molar-refractivity contribution in [2.24, 2.45) is 0 Å². The maximum atomic E-state index is 2.49. The van der Waals surface area contributed by atoms with Crippen molar-refractivity contribution in [2.45, 2.75) is 32.4 Å². The summed E-state index contributed by atoms with van der Waals surface area (Å²) < 4.78 is 1.83. The summed E-state index contributed by atoms with van der Waals surface area (Å²) in [5.74, 6) is 2.46. The molecule has 0 saturated heterocycles. The molecule has 10 heavy (non-hydrogen) atoms. The Morgan fingerprint density at radius 2 is 2.00 bits per heavy atom. The van der Waals surface area contributed by atoms with Gasteiger partial charge in [0, 0.05) is 0 Å². The Morgan fingerprint density at radius 1 is 1.30 bits per heavy atom. The van der Waals surface area contributed by atoms with Crippen molar-refractivity contribution in [3.05, 3.63) is 21.0 Å². The molecule has 1 unspecified atom stereocenters. The molecule has 0 aliphatic carbocycles. The molecule has 0 aromatic carbocycles. The normalized spacial score (nSPS) is 24.5. The van der Waals surface area contributed by atoms with E-state index in [0.29, 0.717) is 0 Å². The molecule has 1 heterocycles. The topological polar surface area (TPSA) is 0 Å². The first-order valence-corrected chi connectivity index (χ1v) is 9.23. The first-order chi connectivity index (χ1) is 4.79. The van der Waals surface area contributed by atoms with Crippen LogP contribution < -0.4 is 0 Å². The predicted molar refractivity (Wildman–Crippen MR) is 49.8 cm³/mol. The van der Waals surface area contributed by atoms with E-state index < -0.39 is 14.3 Å². The van der Waals surface area contributed by atoms with Gasteiger partial charge in [0.1, 0.15) is 0 Å². The predicted octanol–water partition coefficient (Wildman–Crippen LogP) is 2.61. The first-order valence-electron chi connectivity index (χ1n) is 4.19. The first kappa shape index (κ1) is 8.12. The fourth-order valence-electron chi connectivity index (χ4n) is 1.67. The fraction of sp³-hybridized carbons (Fsp3) is 0.556. The third kappa shape index (κ3) is 1.37. The van der Waals surface area contributed by atoms with Crippen molar-refractivity contribution in [3.8, 4) is 0 Å². The molecule has 56 valence electrons. The van der Waals surface area contributed by atoms with Crippen molar-refractivity contribution < 1.29 is 0 Å². The van der Waals surface area contributed by atoms with E-state index in [1.54, 1.807) is 5.57 Å². The van der Waals surface area contributed by atoms with E-state index in [-0.39, 0.29) is 0 Å². The Labute approximate surface area is 68.1 Å². The van der Waals surface area contributed by atoms with Crippen molar-refractivity contribution in [1.29, 1.82) is 0 Å². The Kier molecular flexibility index (Phi) is 2.78. The summed E-state index contributed by atoms with van der Waals surface area (Å²) in [6.45, 7) is 4.55. The molecule has 0 nitrogen and oxygen atoms in total. The van der Waals surface area contributed by atoms with Crippen LogP contribution in [0.25, 0.3) is 0 Å². The molecule has 0 amide bonds. The van der Waals surface area contributed by atoms with Crippen LogP contribution in [0, 0.1) is 0 Å². The quantitative estimate of drug-likeness (QED) is 0.596. The van der Waals surface area contributed by atoms with Crippen LogP contribution in [0.3, 0.4) is 0 Å². The standard InChI is InChI=1S/C9H16Ge/c1-4-8-6-7-10(3)9(8)5-2/h6-7,10H,4-5H2,1-3H3.